The number of hydrogen-bond donors (Lipinski definition) is 1. The van der Waals surface area contributed by atoms with E-state index in [1.54, 1.807) is 12.3 Å². The Morgan fingerprint density at radius 1 is 1.23 bits per heavy atom. The van der Waals surface area contributed by atoms with Gasteiger partial charge in [-0.2, -0.15) is 0 Å². The number of nitrogens with zero attached hydrogens (tertiary/aromatic N) is 4. The molecule has 1 aromatic carbocycles. The first kappa shape index (κ1) is 21.4. The van der Waals surface area contributed by atoms with Gasteiger partial charge >= 0.3 is 0 Å². The highest BCUT2D eigenvalue weighted by atomic mass is 19.1. The van der Waals surface area contributed by atoms with Crippen LogP contribution in [0.1, 0.15) is 40.5 Å². The summed E-state index contributed by atoms with van der Waals surface area (Å²) in [4.78, 5) is 24.2. The zero-order chi connectivity index (χ0) is 21.5. The molecule has 2 aromatic heterocycles. The molecule has 1 N–H and O–H groups in total. The van der Waals surface area contributed by atoms with Crippen LogP contribution in [-0.4, -0.2) is 31.6 Å². The SMILES string of the molecule is CCc1ccn(CCC(F)Cn2cc(C(=O)NCc3cccc(C)c3)nn2)c(=O)c1. The lowest BCUT2D eigenvalue weighted by Gasteiger charge is -2.10. The van der Waals surface area contributed by atoms with Crippen LogP contribution in [-0.2, 0) is 26.1 Å². The van der Waals surface area contributed by atoms with Crippen molar-refractivity contribution in [1.29, 1.82) is 0 Å². The molecule has 2 heterocycles. The fourth-order valence-corrected chi connectivity index (χ4v) is 3.11. The van der Waals surface area contributed by atoms with Crippen LogP contribution in [0, 0.1) is 6.92 Å². The summed E-state index contributed by atoms with van der Waals surface area (Å²) in [6, 6.07) is 11.3. The van der Waals surface area contributed by atoms with Crippen LogP contribution >= 0.6 is 0 Å². The van der Waals surface area contributed by atoms with Gasteiger partial charge in [-0.15, -0.1) is 5.10 Å². The minimum Gasteiger partial charge on any atom is -0.347 e. The number of amides is 1. The number of aromatic nitrogens is 4. The van der Waals surface area contributed by atoms with Gasteiger partial charge in [0.25, 0.3) is 11.5 Å². The zero-order valence-electron chi connectivity index (χ0n) is 17.2. The Morgan fingerprint density at radius 2 is 2.07 bits per heavy atom. The molecule has 158 valence electrons. The topological polar surface area (TPSA) is 81.8 Å². The molecule has 1 atom stereocenters. The smallest absolute Gasteiger partial charge is 0.273 e. The van der Waals surface area contributed by atoms with Gasteiger partial charge in [0.1, 0.15) is 6.17 Å². The average molecular weight is 411 g/mol. The van der Waals surface area contributed by atoms with Gasteiger partial charge in [-0.3, -0.25) is 9.59 Å². The number of benzene rings is 1. The molecule has 1 unspecified atom stereocenters. The molecule has 8 heteroatoms. The monoisotopic (exact) mass is 411 g/mol. The second-order valence-corrected chi connectivity index (χ2v) is 7.30. The van der Waals surface area contributed by atoms with E-state index in [2.05, 4.69) is 15.6 Å². The van der Waals surface area contributed by atoms with Gasteiger partial charge in [0.2, 0.25) is 0 Å². The van der Waals surface area contributed by atoms with Gasteiger partial charge in [-0.25, -0.2) is 9.07 Å². The molecule has 0 aliphatic carbocycles. The van der Waals surface area contributed by atoms with Crippen molar-refractivity contribution < 1.29 is 9.18 Å². The highest BCUT2D eigenvalue weighted by Gasteiger charge is 2.14. The van der Waals surface area contributed by atoms with E-state index in [0.29, 0.717) is 6.54 Å². The van der Waals surface area contributed by atoms with E-state index >= 15 is 0 Å². The molecule has 3 rings (SSSR count). The third-order valence-corrected chi connectivity index (χ3v) is 4.84. The van der Waals surface area contributed by atoms with Crippen molar-refractivity contribution in [3.8, 4) is 0 Å². The minimum absolute atomic E-state index is 0.0278. The molecule has 0 bridgehead atoms. The molecule has 0 radical (unpaired) electrons. The summed E-state index contributed by atoms with van der Waals surface area (Å²) in [6.07, 6.45) is 2.86. The van der Waals surface area contributed by atoms with Crippen LogP contribution in [0.4, 0.5) is 4.39 Å². The number of hydrogen-bond acceptors (Lipinski definition) is 4. The van der Waals surface area contributed by atoms with E-state index in [1.165, 1.54) is 15.4 Å². The van der Waals surface area contributed by atoms with Crippen molar-refractivity contribution in [2.24, 2.45) is 0 Å². The molecule has 0 aliphatic rings. The summed E-state index contributed by atoms with van der Waals surface area (Å²) in [5.74, 6) is -0.360. The van der Waals surface area contributed by atoms with Crippen LogP contribution in [0.15, 0.2) is 53.6 Å². The second-order valence-electron chi connectivity index (χ2n) is 7.30. The first-order valence-corrected chi connectivity index (χ1v) is 10.0. The molecule has 0 saturated carbocycles. The molecule has 1 amide bonds. The first-order valence-electron chi connectivity index (χ1n) is 10.0. The number of aryl methyl sites for hydroxylation is 3. The highest BCUT2D eigenvalue weighted by Crippen LogP contribution is 2.06. The van der Waals surface area contributed by atoms with E-state index < -0.39 is 6.17 Å². The maximum Gasteiger partial charge on any atom is 0.273 e. The van der Waals surface area contributed by atoms with Crippen molar-refractivity contribution in [3.05, 3.63) is 81.5 Å². The van der Waals surface area contributed by atoms with Gasteiger partial charge in [-0.1, -0.05) is 42.0 Å². The standard InChI is InChI=1S/C22H26FN5O2/c1-3-17-7-9-27(21(29)12-17)10-8-19(23)14-28-15-20(25-26-28)22(30)24-13-18-6-4-5-16(2)11-18/h4-7,9,11-12,15,19H,3,8,10,13-14H2,1-2H3,(H,24,30). The number of rotatable bonds is 9. The van der Waals surface area contributed by atoms with E-state index in [0.717, 1.165) is 23.1 Å². The zero-order valence-corrected chi connectivity index (χ0v) is 17.2. The van der Waals surface area contributed by atoms with Crippen molar-refractivity contribution in [1.82, 2.24) is 24.9 Å². The van der Waals surface area contributed by atoms with E-state index in [1.807, 2.05) is 44.2 Å². The summed E-state index contributed by atoms with van der Waals surface area (Å²) in [5.41, 5.74) is 3.08. The molecule has 3 aromatic rings. The van der Waals surface area contributed by atoms with Crippen LogP contribution in [0.3, 0.4) is 0 Å². The lowest BCUT2D eigenvalue weighted by Crippen LogP contribution is -2.23. The van der Waals surface area contributed by atoms with Crippen LogP contribution < -0.4 is 10.9 Å². The number of carbonyl (C=O) groups is 1. The Balaban J connectivity index is 1.49. The van der Waals surface area contributed by atoms with E-state index in [-0.39, 0.29) is 36.7 Å². The number of alkyl halides is 1. The molecule has 7 nitrogen and oxygen atoms in total. The third-order valence-electron chi connectivity index (χ3n) is 4.84. The average Bonchev–Trinajstić information content (AvgIpc) is 3.19. The van der Waals surface area contributed by atoms with Crippen molar-refractivity contribution in [3.63, 3.8) is 0 Å². The number of nitrogens with one attached hydrogen (secondary N) is 1. The Kier molecular flexibility index (Phi) is 7.11. The fraction of sp³-hybridized carbons (Fsp3) is 0.364. The van der Waals surface area contributed by atoms with E-state index in [4.69, 9.17) is 0 Å². The van der Waals surface area contributed by atoms with E-state index in [9.17, 15) is 14.0 Å². The van der Waals surface area contributed by atoms with Gasteiger partial charge < -0.3 is 9.88 Å². The Hall–Kier alpha value is -3.29. The third kappa shape index (κ3) is 5.85. The number of carbonyl (C=O) groups excluding carboxylic acids is 1. The van der Waals surface area contributed by atoms with Crippen LogP contribution in [0.5, 0.6) is 0 Å². The molecule has 0 saturated heterocycles. The Morgan fingerprint density at radius 3 is 2.80 bits per heavy atom. The van der Waals surface area contributed by atoms with Crippen molar-refractivity contribution in [2.75, 3.05) is 0 Å². The van der Waals surface area contributed by atoms with Crippen molar-refractivity contribution in [2.45, 2.75) is 52.5 Å². The predicted molar refractivity (Wildman–Crippen MR) is 112 cm³/mol. The first-order chi connectivity index (χ1) is 14.4. The van der Waals surface area contributed by atoms with Gasteiger partial charge in [-0.05, 0) is 37.0 Å². The summed E-state index contributed by atoms with van der Waals surface area (Å²) < 4.78 is 17.2. The molecule has 0 spiro atoms. The molecular formula is C22H26FN5O2. The number of pyridine rings is 1. The van der Waals surface area contributed by atoms with Crippen molar-refractivity contribution >= 4 is 5.91 Å². The quantitative estimate of drug-likeness (QED) is 0.587. The normalized spacial score (nSPS) is 12.0. The fourth-order valence-electron chi connectivity index (χ4n) is 3.11. The van der Waals surface area contributed by atoms with Crippen LogP contribution in [0.25, 0.3) is 0 Å². The van der Waals surface area contributed by atoms with Gasteiger partial charge in [0.15, 0.2) is 5.69 Å². The van der Waals surface area contributed by atoms with Gasteiger partial charge in [0.05, 0.1) is 12.7 Å². The second kappa shape index (κ2) is 9.96. The number of halogens is 1. The van der Waals surface area contributed by atoms with Crippen LogP contribution in [0.2, 0.25) is 0 Å². The summed E-state index contributed by atoms with van der Waals surface area (Å²) in [7, 11) is 0. The lowest BCUT2D eigenvalue weighted by atomic mass is 10.1. The Labute approximate surface area is 174 Å². The largest absolute Gasteiger partial charge is 0.347 e. The molecule has 30 heavy (non-hydrogen) atoms. The lowest BCUT2D eigenvalue weighted by molar-refractivity contribution is 0.0945. The summed E-state index contributed by atoms with van der Waals surface area (Å²) in [5, 5.41) is 10.5. The Bertz CT molecular complexity index is 1060. The summed E-state index contributed by atoms with van der Waals surface area (Å²) in [6.45, 7) is 4.60. The maximum atomic E-state index is 14.4. The highest BCUT2D eigenvalue weighted by molar-refractivity contribution is 5.91. The maximum absolute atomic E-state index is 14.4. The van der Waals surface area contributed by atoms with Gasteiger partial charge in [0, 0.05) is 25.4 Å². The summed E-state index contributed by atoms with van der Waals surface area (Å²) >= 11 is 0. The predicted octanol–water partition coefficient (Wildman–Crippen LogP) is 2.67. The molecule has 0 aliphatic heterocycles. The molecule has 0 fully saturated rings. The minimum atomic E-state index is -1.22. The molecular weight excluding hydrogens is 385 g/mol.